The summed E-state index contributed by atoms with van der Waals surface area (Å²) in [6.07, 6.45) is 2.36. The summed E-state index contributed by atoms with van der Waals surface area (Å²) in [5, 5.41) is 0.176. The molecule has 2 rings (SSSR count). The highest BCUT2D eigenvalue weighted by atomic mass is 35.5. The van der Waals surface area contributed by atoms with Gasteiger partial charge in [0.1, 0.15) is 5.75 Å². The van der Waals surface area contributed by atoms with E-state index >= 15 is 0 Å². The number of benzene rings is 1. The smallest absolute Gasteiger partial charge is 0.222 e. The van der Waals surface area contributed by atoms with Crippen LogP contribution < -0.4 is 4.74 Å². The number of hydrogen-bond donors (Lipinski definition) is 0. The number of hydrogen-bond acceptors (Lipinski definition) is 4. The molecule has 4 nitrogen and oxygen atoms in total. The van der Waals surface area contributed by atoms with Crippen LogP contribution in [-0.2, 0) is 0 Å². The van der Waals surface area contributed by atoms with Gasteiger partial charge in [0.2, 0.25) is 5.28 Å². The van der Waals surface area contributed by atoms with Crippen molar-refractivity contribution in [3.05, 3.63) is 40.8 Å². The molecule has 18 heavy (non-hydrogen) atoms. The Labute approximate surface area is 110 Å². The van der Waals surface area contributed by atoms with Crippen molar-refractivity contribution in [2.24, 2.45) is 0 Å². The Kier molecular flexibility index (Phi) is 3.58. The van der Waals surface area contributed by atoms with Crippen molar-refractivity contribution in [2.45, 2.75) is 6.92 Å². The highest BCUT2D eigenvalue weighted by Gasteiger charge is 2.12. The minimum atomic E-state index is 0.176. The van der Waals surface area contributed by atoms with Gasteiger partial charge in [-0.2, -0.15) is 0 Å². The van der Waals surface area contributed by atoms with Gasteiger partial charge in [0, 0.05) is 11.8 Å². The van der Waals surface area contributed by atoms with Crippen LogP contribution in [0.4, 0.5) is 0 Å². The van der Waals surface area contributed by atoms with Gasteiger partial charge in [-0.1, -0.05) is 0 Å². The topological polar surface area (TPSA) is 52.1 Å². The molecule has 1 aromatic heterocycles. The number of ether oxygens (including phenoxy) is 1. The average molecular weight is 263 g/mol. The molecule has 0 aliphatic rings. The van der Waals surface area contributed by atoms with Crippen LogP contribution >= 0.6 is 11.6 Å². The Balaban J connectivity index is 2.63. The summed E-state index contributed by atoms with van der Waals surface area (Å²) in [6, 6.07) is 5.33. The van der Waals surface area contributed by atoms with E-state index in [1.165, 1.54) is 7.11 Å². The molecule has 1 aromatic carbocycles. The van der Waals surface area contributed by atoms with Gasteiger partial charge in [-0.05, 0) is 42.3 Å². The molecular weight excluding hydrogens is 252 g/mol. The maximum Gasteiger partial charge on any atom is 0.222 e. The monoisotopic (exact) mass is 262 g/mol. The fourth-order valence-corrected chi connectivity index (χ4v) is 1.94. The maximum absolute atomic E-state index is 11.1. The van der Waals surface area contributed by atoms with E-state index in [9.17, 15) is 4.79 Å². The second kappa shape index (κ2) is 5.14. The predicted octanol–water partition coefficient (Wildman–Crippen LogP) is 2.93. The highest BCUT2D eigenvalue weighted by Crippen LogP contribution is 2.29. The van der Waals surface area contributed by atoms with E-state index in [4.69, 9.17) is 16.3 Å². The molecule has 0 aliphatic carbocycles. The lowest BCUT2D eigenvalue weighted by Crippen LogP contribution is -1.97. The van der Waals surface area contributed by atoms with Crippen LogP contribution in [0.25, 0.3) is 11.3 Å². The van der Waals surface area contributed by atoms with Gasteiger partial charge in [0.15, 0.2) is 6.29 Å². The molecule has 0 saturated carbocycles. The zero-order valence-electron chi connectivity index (χ0n) is 9.98. The number of carbonyl (C=O) groups is 1. The van der Waals surface area contributed by atoms with Crippen LogP contribution in [0.1, 0.15) is 15.9 Å². The average Bonchev–Trinajstić information content (AvgIpc) is 2.38. The molecule has 0 amide bonds. The molecule has 1 heterocycles. The van der Waals surface area contributed by atoms with E-state index in [0.29, 0.717) is 17.0 Å². The molecule has 0 unspecified atom stereocenters. The first-order valence-corrected chi connectivity index (χ1v) is 5.67. The van der Waals surface area contributed by atoms with Crippen molar-refractivity contribution in [2.75, 3.05) is 7.11 Å². The molecule has 0 aliphatic heterocycles. The second-order valence-corrected chi connectivity index (χ2v) is 4.02. The Morgan fingerprint density at radius 1 is 1.33 bits per heavy atom. The van der Waals surface area contributed by atoms with Crippen LogP contribution in [0.3, 0.4) is 0 Å². The molecule has 0 bridgehead atoms. The number of methoxy groups -OCH3 is 1. The normalized spacial score (nSPS) is 10.2. The third-order valence-electron chi connectivity index (χ3n) is 2.71. The largest absolute Gasteiger partial charge is 0.496 e. The molecule has 0 saturated heterocycles. The van der Waals surface area contributed by atoms with Crippen LogP contribution in [0, 0.1) is 6.92 Å². The number of aldehydes is 1. The van der Waals surface area contributed by atoms with Gasteiger partial charge in [0.25, 0.3) is 0 Å². The van der Waals surface area contributed by atoms with Gasteiger partial charge in [-0.25, -0.2) is 9.97 Å². The van der Waals surface area contributed by atoms with Crippen molar-refractivity contribution in [3.63, 3.8) is 0 Å². The van der Waals surface area contributed by atoms with Crippen LogP contribution in [0.5, 0.6) is 5.75 Å². The van der Waals surface area contributed by atoms with E-state index in [2.05, 4.69) is 9.97 Å². The van der Waals surface area contributed by atoms with E-state index in [-0.39, 0.29) is 5.28 Å². The molecule has 92 valence electrons. The van der Waals surface area contributed by atoms with Gasteiger partial charge >= 0.3 is 0 Å². The van der Waals surface area contributed by atoms with Crippen LogP contribution in [-0.4, -0.2) is 23.4 Å². The molecule has 2 aromatic rings. The first kappa shape index (κ1) is 12.5. The van der Waals surface area contributed by atoms with Crippen molar-refractivity contribution in [1.82, 2.24) is 9.97 Å². The maximum atomic E-state index is 11.1. The lowest BCUT2D eigenvalue weighted by molar-refractivity contribution is 0.112. The minimum absolute atomic E-state index is 0.176. The fraction of sp³-hybridized carbons (Fsp3) is 0.154. The Hall–Kier alpha value is -1.94. The van der Waals surface area contributed by atoms with Crippen molar-refractivity contribution in [3.8, 4) is 17.0 Å². The number of halogens is 1. The highest BCUT2D eigenvalue weighted by molar-refractivity contribution is 6.28. The van der Waals surface area contributed by atoms with E-state index in [1.807, 2.05) is 13.0 Å². The summed E-state index contributed by atoms with van der Waals surface area (Å²) < 4.78 is 5.14. The van der Waals surface area contributed by atoms with Crippen molar-refractivity contribution < 1.29 is 9.53 Å². The third kappa shape index (κ3) is 2.19. The zero-order valence-corrected chi connectivity index (χ0v) is 10.7. The van der Waals surface area contributed by atoms with Crippen molar-refractivity contribution in [1.29, 1.82) is 0 Å². The summed E-state index contributed by atoms with van der Waals surface area (Å²) in [6.45, 7) is 1.84. The quantitative estimate of drug-likeness (QED) is 0.630. The van der Waals surface area contributed by atoms with Crippen LogP contribution in [0.2, 0.25) is 5.28 Å². The van der Waals surface area contributed by atoms with Crippen LogP contribution in [0.15, 0.2) is 24.4 Å². The summed E-state index contributed by atoms with van der Waals surface area (Å²) in [7, 11) is 1.53. The fourth-order valence-electron chi connectivity index (χ4n) is 1.79. The van der Waals surface area contributed by atoms with E-state index in [1.54, 1.807) is 18.3 Å². The molecule has 0 radical (unpaired) electrons. The number of aromatic nitrogens is 2. The van der Waals surface area contributed by atoms with Gasteiger partial charge in [-0.15, -0.1) is 0 Å². The summed E-state index contributed by atoms with van der Waals surface area (Å²) in [4.78, 5) is 19.1. The Morgan fingerprint density at radius 3 is 2.72 bits per heavy atom. The van der Waals surface area contributed by atoms with E-state index in [0.717, 1.165) is 17.4 Å². The Morgan fingerprint density at radius 2 is 2.11 bits per heavy atom. The standard InChI is InChI=1S/C13H11ClN2O2/c1-8-9(11-5-6-15-13(14)16-11)3-4-12(18-2)10(8)7-17/h3-7H,1-2H3. The predicted molar refractivity (Wildman–Crippen MR) is 69.2 cm³/mol. The second-order valence-electron chi connectivity index (χ2n) is 3.68. The molecular formula is C13H11ClN2O2. The summed E-state index contributed by atoms with van der Waals surface area (Å²) >= 11 is 5.76. The Bertz CT molecular complexity index is 600. The lowest BCUT2D eigenvalue weighted by Gasteiger charge is -2.11. The lowest BCUT2D eigenvalue weighted by atomic mass is 9.99. The number of rotatable bonds is 3. The molecule has 0 spiro atoms. The number of carbonyl (C=O) groups excluding carboxylic acids is 1. The van der Waals surface area contributed by atoms with Gasteiger partial charge in [0.05, 0.1) is 18.4 Å². The van der Waals surface area contributed by atoms with Gasteiger partial charge in [-0.3, -0.25) is 4.79 Å². The molecule has 0 N–H and O–H groups in total. The molecule has 0 fully saturated rings. The number of nitrogens with zero attached hydrogens (tertiary/aromatic N) is 2. The first-order chi connectivity index (χ1) is 8.67. The van der Waals surface area contributed by atoms with Gasteiger partial charge < -0.3 is 4.74 Å². The summed E-state index contributed by atoms with van der Waals surface area (Å²) in [5.74, 6) is 0.548. The molecule has 5 heteroatoms. The third-order valence-corrected chi connectivity index (χ3v) is 2.90. The van der Waals surface area contributed by atoms with E-state index < -0.39 is 0 Å². The SMILES string of the molecule is COc1ccc(-c2ccnc(Cl)n2)c(C)c1C=O. The summed E-state index contributed by atoms with van der Waals surface area (Å²) in [5.41, 5.74) is 2.84. The zero-order chi connectivity index (χ0) is 13.1. The minimum Gasteiger partial charge on any atom is -0.496 e. The van der Waals surface area contributed by atoms with Crippen molar-refractivity contribution >= 4 is 17.9 Å². The first-order valence-electron chi connectivity index (χ1n) is 5.29. The molecule has 0 atom stereocenters.